The third-order valence-electron chi connectivity index (χ3n) is 3.69. The van der Waals surface area contributed by atoms with E-state index in [1.807, 2.05) is 48.5 Å². The van der Waals surface area contributed by atoms with Crippen LogP contribution in [0.2, 0.25) is 0 Å². The van der Waals surface area contributed by atoms with Crippen LogP contribution in [-0.2, 0) is 4.79 Å². The van der Waals surface area contributed by atoms with Gasteiger partial charge in [-0.3, -0.25) is 15.6 Å². The number of methoxy groups -OCH3 is 1. The standard InChI is InChI=1S/C19H24N4O2S/c1-13(2)14-4-6-16(7-5-14)21-19(26)23-22-18(24)12-20-15-8-10-17(25-3)11-9-15/h4-11,13,20H,12H2,1-3H3,(H,22,24)(H2,21,23,26). The predicted octanol–water partition coefficient (Wildman–Crippen LogP) is 3.25. The van der Waals surface area contributed by atoms with Crippen molar-refractivity contribution in [3.05, 3.63) is 54.1 Å². The van der Waals surface area contributed by atoms with Crippen LogP contribution in [0.5, 0.6) is 5.75 Å². The van der Waals surface area contributed by atoms with Crippen molar-refractivity contribution in [2.24, 2.45) is 0 Å². The van der Waals surface area contributed by atoms with Gasteiger partial charge in [0.05, 0.1) is 13.7 Å². The summed E-state index contributed by atoms with van der Waals surface area (Å²) in [6, 6.07) is 15.3. The number of hydrazine groups is 1. The van der Waals surface area contributed by atoms with Crippen molar-refractivity contribution in [3.8, 4) is 5.75 Å². The average molecular weight is 372 g/mol. The van der Waals surface area contributed by atoms with Crippen LogP contribution in [0.3, 0.4) is 0 Å². The molecule has 26 heavy (non-hydrogen) atoms. The molecule has 0 heterocycles. The number of thiocarbonyl (C=S) groups is 1. The second kappa shape index (κ2) is 9.62. The smallest absolute Gasteiger partial charge is 0.257 e. The lowest BCUT2D eigenvalue weighted by atomic mass is 10.0. The van der Waals surface area contributed by atoms with Gasteiger partial charge in [0, 0.05) is 11.4 Å². The van der Waals surface area contributed by atoms with E-state index in [0.29, 0.717) is 11.0 Å². The van der Waals surface area contributed by atoms with Crippen molar-refractivity contribution in [2.45, 2.75) is 19.8 Å². The third-order valence-corrected chi connectivity index (χ3v) is 3.90. The quantitative estimate of drug-likeness (QED) is 0.461. The molecule has 2 aromatic carbocycles. The van der Waals surface area contributed by atoms with E-state index in [1.54, 1.807) is 7.11 Å². The van der Waals surface area contributed by atoms with Crippen LogP contribution < -0.4 is 26.2 Å². The van der Waals surface area contributed by atoms with Crippen molar-refractivity contribution in [1.82, 2.24) is 10.9 Å². The molecule has 6 nitrogen and oxygen atoms in total. The first-order chi connectivity index (χ1) is 12.5. The molecule has 0 aliphatic carbocycles. The Morgan fingerprint density at radius 3 is 2.19 bits per heavy atom. The normalized spacial score (nSPS) is 10.2. The Morgan fingerprint density at radius 2 is 1.62 bits per heavy atom. The maximum atomic E-state index is 11.9. The van der Waals surface area contributed by atoms with Crippen LogP contribution in [0.15, 0.2) is 48.5 Å². The Hall–Kier alpha value is -2.80. The van der Waals surface area contributed by atoms with Crippen LogP contribution in [0.1, 0.15) is 25.3 Å². The summed E-state index contributed by atoms with van der Waals surface area (Å²) in [7, 11) is 1.61. The number of hydrogen-bond donors (Lipinski definition) is 4. The SMILES string of the molecule is COc1ccc(NCC(=O)NNC(=S)Nc2ccc(C(C)C)cc2)cc1. The summed E-state index contributed by atoms with van der Waals surface area (Å²) in [6.07, 6.45) is 0. The predicted molar refractivity (Wildman–Crippen MR) is 110 cm³/mol. The molecule has 0 saturated carbocycles. The number of rotatable bonds is 6. The maximum Gasteiger partial charge on any atom is 0.257 e. The first-order valence-corrected chi connectivity index (χ1v) is 8.72. The zero-order valence-electron chi connectivity index (χ0n) is 15.1. The molecule has 0 unspecified atom stereocenters. The Morgan fingerprint density at radius 1 is 1.00 bits per heavy atom. The third kappa shape index (κ3) is 6.25. The highest BCUT2D eigenvalue weighted by atomic mass is 32.1. The van der Waals surface area contributed by atoms with Crippen LogP contribution in [-0.4, -0.2) is 24.7 Å². The molecule has 0 aromatic heterocycles. The molecule has 2 rings (SSSR count). The van der Waals surface area contributed by atoms with E-state index in [9.17, 15) is 4.79 Å². The van der Waals surface area contributed by atoms with Gasteiger partial charge in [0.1, 0.15) is 5.75 Å². The molecule has 0 bridgehead atoms. The summed E-state index contributed by atoms with van der Waals surface area (Å²) in [5.41, 5.74) is 8.17. The van der Waals surface area contributed by atoms with Crippen molar-refractivity contribution >= 4 is 34.6 Å². The van der Waals surface area contributed by atoms with E-state index < -0.39 is 0 Å². The molecule has 1 amide bonds. The number of benzene rings is 2. The van der Waals surface area contributed by atoms with Crippen molar-refractivity contribution in [3.63, 3.8) is 0 Å². The average Bonchev–Trinajstić information content (AvgIpc) is 2.65. The van der Waals surface area contributed by atoms with Crippen molar-refractivity contribution in [1.29, 1.82) is 0 Å². The molecule has 2 aromatic rings. The van der Waals surface area contributed by atoms with E-state index >= 15 is 0 Å². The maximum absolute atomic E-state index is 11.9. The van der Waals surface area contributed by atoms with Crippen LogP contribution >= 0.6 is 12.2 Å². The minimum absolute atomic E-state index is 0.116. The van der Waals surface area contributed by atoms with E-state index in [0.717, 1.165) is 17.1 Å². The summed E-state index contributed by atoms with van der Waals surface area (Å²) in [4.78, 5) is 11.9. The van der Waals surface area contributed by atoms with Crippen LogP contribution in [0.4, 0.5) is 11.4 Å². The number of carbonyl (C=O) groups excluding carboxylic acids is 1. The van der Waals surface area contributed by atoms with Gasteiger partial charge in [0.2, 0.25) is 0 Å². The first kappa shape index (κ1) is 19.5. The van der Waals surface area contributed by atoms with Gasteiger partial charge in [0.25, 0.3) is 5.91 Å². The van der Waals surface area contributed by atoms with Gasteiger partial charge < -0.3 is 15.4 Å². The molecule has 0 fully saturated rings. The minimum Gasteiger partial charge on any atom is -0.497 e. The Kier molecular flexibility index (Phi) is 7.23. The largest absolute Gasteiger partial charge is 0.497 e. The molecule has 0 spiro atoms. The highest BCUT2D eigenvalue weighted by Crippen LogP contribution is 2.17. The minimum atomic E-state index is -0.236. The molecule has 0 radical (unpaired) electrons. The number of anilines is 2. The van der Waals surface area contributed by atoms with Gasteiger partial charge in [-0.1, -0.05) is 26.0 Å². The number of carbonyl (C=O) groups is 1. The van der Waals surface area contributed by atoms with E-state index in [-0.39, 0.29) is 12.5 Å². The van der Waals surface area contributed by atoms with Gasteiger partial charge in [-0.05, 0) is 60.1 Å². The Balaban J connectivity index is 1.71. The fourth-order valence-corrected chi connectivity index (χ4v) is 2.34. The lowest BCUT2D eigenvalue weighted by molar-refractivity contribution is -0.119. The molecule has 0 saturated heterocycles. The fourth-order valence-electron chi connectivity index (χ4n) is 2.18. The van der Waals surface area contributed by atoms with Gasteiger partial charge in [0.15, 0.2) is 5.11 Å². The summed E-state index contributed by atoms with van der Waals surface area (Å²) in [6.45, 7) is 4.40. The molecule has 0 aliphatic rings. The first-order valence-electron chi connectivity index (χ1n) is 8.31. The molecular formula is C19H24N4O2S. The second-order valence-corrected chi connectivity index (χ2v) is 6.39. The van der Waals surface area contributed by atoms with Crippen molar-refractivity contribution < 1.29 is 9.53 Å². The van der Waals surface area contributed by atoms with E-state index in [1.165, 1.54) is 5.56 Å². The summed E-state index contributed by atoms with van der Waals surface area (Å²) >= 11 is 5.17. The number of hydrogen-bond acceptors (Lipinski definition) is 4. The lowest BCUT2D eigenvalue weighted by Crippen LogP contribution is -2.45. The van der Waals surface area contributed by atoms with Gasteiger partial charge in [-0.15, -0.1) is 0 Å². The zero-order valence-corrected chi connectivity index (χ0v) is 15.9. The topological polar surface area (TPSA) is 74.4 Å². The molecule has 0 atom stereocenters. The summed E-state index contributed by atoms with van der Waals surface area (Å²) < 4.78 is 5.09. The molecule has 0 aliphatic heterocycles. The number of ether oxygens (including phenoxy) is 1. The van der Waals surface area contributed by atoms with Crippen molar-refractivity contribution in [2.75, 3.05) is 24.3 Å². The molecule has 7 heteroatoms. The molecule has 4 N–H and O–H groups in total. The number of nitrogens with one attached hydrogen (secondary N) is 4. The highest BCUT2D eigenvalue weighted by molar-refractivity contribution is 7.80. The van der Waals surface area contributed by atoms with E-state index in [2.05, 4.69) is 35.3 Å². The molecular weight excluding hydrogens is 348 g/mol. The van der Waals surface area contributed by atoms with Crippen LogP contribution in [0, 0.1) is 0 Å². The summed E-state index contributed by atoms with van der Waals surface area (Å²) in [5, 5.41) is 6.36. The number of amides is 1. The zero-order chi connectivity index (χ0) is 18.9. The monoisotopic (exact) mass is 372 g/mol. The molecule has 138 valence electrons. The van der Waals surface area contributed by atoms with Gasteiger partial charge in [-0.2, -0.15) is 0 Å². The summed E-state index contributed by atoms with van der Waals surface area (Å²) in [5.74, 6) is 1.01. The Bertz CT molecular complexity index is 730. The lowest BCUT2D eigenvalue weighted by Gasteiger charge is -2.13. The van der Waals surface area contributed by atoms with Gasteiger partial charge >= 0.3 is 0 Å². The Labute approximate surface area is 159 Å². The highest BCUT2D eigenvalue weighted by Gasteiger charge is 2.04. The second-order valence-electron chi connectivity index (χ2n) is 5.99. The van der Waals surface area contributed by atoms with Gasteiger partial charge in [-0.25, -0.2) is 0 Å². The van der Waals surface area contributed by atoms with Crippen LogP contribution in [0.25, 0.3) is 0 Å². The van der Waals surface area contributed by atoms with E-state index in [4.69, 9.17) is 17.0 Å². The fraction of sp³-hybridized carbons (Fsp3) is 0.263.